The molecule has 2 N–H and O–H groups in total. The van der Waals surface area contributed by atoms with E-state index >= 15 is 0 Å². The summed E-state index contributed by atoms with van der Waals surface area (Å²) in [6, 6.07) is 13.6. The molecule has 25 heavy (non-hydrogen) atoms. The molecule has 0 bridgehead atoms. The van der Waals surface area contributed by atoms with Crippen molar-refractivity contribution in [2.24, 2.45) is 0 Å². The van der Waals surface area contributed by atoms with Crippen molar-refractivity contribution in [1.29, 1.82) is 0 Å². The van der Waals surface area contributed by atoms with E-state index in [4.69, 9.17) is 11.6 Å². The Morgan fingerprint density at radius 1 is 1.12 bits per heavy atom. The van der Waals surface area contributed by atoms with Gasteiger partial charge in [0.1, 0.15) is 5.82 Å². The first-order valence-corrected chi connectivity index (χ1v) is 8.60. The van der Waals surface area contributed by atoms with Crippen molar-refractivity contribution in [3.05, 3.63) is 59.9 Å². The molecule has 3 rings (SSSR count). The van der Waals surface area contributed by atoms with E-state index in [0.717, 1.165) is 23.4 Å². The molecular formula is C19H20ClN5. The highest BCUT2D eigenvalue weighted by Gasteiger charge is 2.09. The number of aromatic nitrogens is 3. The average molecular weight is 354 g/mol. The maximum Gasteiger partial charge on any atom is 0.225 e. The Morgan fingerprint density at radius 3 is 2.72 bits per heavy atom. The molecule has 2 heterocycles. The summed E-state index contributed by atoms with van der Waals surface area (Å²) in [5.41, 5.74) is 2.61. The summed E-state index contributed by atoms with van der Waals surface area (Å²) in [6.45, 7) is 4.22. The van der Waals surface area contributed by atoms with E-state index in [1.54, 1.807) is 12.4 Å². The van der Waals surface area contributed by atoms with Gasteiger partial charge >= 0.3 is 0 Å². The van der Waals surface area contributed by atoms with Gasteiger partial charge in [0.2, 0.25) is 5.95 Å². The Balaban J connectivity index is 1.97. The summed E-state index contributed by atoms with van der Waals surface area (Å²) in [5, 5.41) is 7.29. The molecule has 128 valence electrons. The zero-order valence-corrected chi connectivity index (χ0v) is 15.0. The fourth-order valence-corrected chi connectivity index (χ4v) is 2.46. The van der Waals surface area contributed by atoms with Crippen molar-refractivity contribution in [1.82, 2.24) is 15.0 Å². The quantitative estimate of drug-likeness (QED) is 0.642. The number of anilines is 3. The fraction of sp³-hybridized carbons (Fsp3) is 0.211. The molecule has 0 unspecified atom stereocenters. The molecule has 0 aliphatic rings. The molecule has 5 nitrogen and oxygen atoms in total. The molecule has 1 aromatic carbocycles. The number of benzene rings is 1. The minimum Gasteiger partial charge on any atom is -0.352 e. The van der Waals surface area contributed by atoms with Gasteiger partial charge in [-0.15, -0.1) is 0 Å². The lowest BCUT2D eigenvalue weighted by molar-refractivity contribution is 0.753. The molecule has 0 fully saturated rings. The lowest BCUT2D eigenvalue weighted by atomic mass is 10.2. The van der Waals surface area contributed by atoms with Crippen molar-refractivity contribution in [3.8, 4) is 11.3 Å². The first-order valence-electron chi connectivity index (χ1n) is 8.22. The first kappa shape index (κ1) is 17.2. The predicted octanol–water partition coefficient (Wildman–Crippen LogP) is 5.15. The topological polar surface area (TPSA) is 62.7 Å². The average Bonchev–Trinajstić information content (AvgIpc) is 2.62. The third kappa shape index (κ3) is 4.67. The fourth-order valence-electron chi connectivity index (χ4n) is 2.27. The van der Waals surface area contributed by atoms with E-state index in [1.165, 1.54) is 0 Å². The minimum atomic E-state index is 0.281. The van der Waals surface area contributed by atoms with Crippen LogP contribution in [0.15, 0.2) is 54.9 Å². The van der Waals surface area contributed by atoms with E-state index in [2.05, 4.69) is 39.4 Å². The second-order valence-corrected chi connectivity index (χ2v) is 6.23. The zero-order valence-electron chi connectivity index (χ0n) is 14.2. The van der Waals surface area contributed by atoms with Gasteiger partial charge in [0.05, 0.1) is 5.69 Å². The standard InChI is InChI=1S/C19H20ClN5/c1-3-13(2)22-19-24-17(14-6-5-9-21-12-14)11-18(25-19)23-16-8-4-7-15(20)10-16/h4-13H,3H2,1-2H3,(H2,22,23,24,25)/t13-/m0/s1. The van der Waals surface area contributed by atoms with Gasteiger partial charge < -0.3 is 10.6 Å². The van der Waals surface area contributed by atoms with Crippen molar-refractivity contribution in [2.45, 2.75) is 26.3 Å². The summed E-state index contributed by atoms with van der Waals surface area (Å²) in [6.07, 6.45) is 4.52. The lowest BCUT2D eigenvalue weighted by Gasteiger charge is -2.14. The molecule has 0 amide bonds. The third-order valence-corrected chi connectivity index (χ3v) is 4.00. The smallest absolute Gasteiger partial charge is 0.225 e. The van der Waals surface area contributed by atoms with E-state index in [0.29, 0.717) is 16.8 Å². The highest BCUT2D eigenvalue weighted by Crippen LogP contribution is 2.24. The first-order chi connectivity index (χ1) is 12.1. The minimum absolute atomic E-state index is 0.281. The number of nitrogens with zero attached hydrogens (tertiary/aromatic N) is 3. The molecular weight excluding hydrogens is 334 g/mol. The molecule has 0 spiro atoms. The molecule has 0 saturated carbocycles. The van der Waals surface area contributed by atoms with E-state index < -0.39 is 0 Å². The zero-order chi connectivity index (χ0) is 17.6. The van der Waals surface area contributed by atoms with Gasteiger partial charge in [-0.25, -0.2) is 4.98 Å². The van der Waals surface area contributed by atoms with Crippen LogP contribution in [0.1, 0.15) is 20.3 Å². The molecule has 0 radical (unpaired) electrons. The van der Waals surface area contributed by atoms with Gasteiger partial charge in [-0.3, -0.25) is 4.98 Å². The van der Waals surface area contributed by atoms with Crippen molar-refractivity contribution in [3.63, 3.8) is 0 Å². The maximum absolute atomic E-state index is 6.06. The lowest BCUT2D eigenvalue weighted by Crippen LogP contribution is -2.16. The van der Waals surface area contributed by atoms with Crippen molar-refractivity contribution in [2.75, 3.05) is 10.6 Å². The molecule has 2 aromatic heterocycles. The summed E-state index contributed by atoms with van der Waals surface area (Å²) in [5.74, 6) is 1.28. The van der Waals surface area contributed by atoms with Gasteiger partial charge in [0.15, 0.2) is 0 Å². The van der Waals surface area contributed by atoms with Crippen LogP contribution in [0.3, 0.4) is 0 Å². The van der Waals surface area contributed by atoms with E-state index in [1.807, 2.05) is 42.5 Å². The largest absolute Gasteiger partial charge is 0.352 e. The van der Waals surface area contributed by atoms with Gasteiger partial charge in [-0.1, -0.05) is 24.6 Å². The molecule has 0 aliphatic heterocycles. The molecule has 1 atom stereocenters. The highest BCUT2D eigenvalue weighted by atomic mass is 35.5. The molecule has 0 saturated heterocycles. The van der Waals surface area contributed by atoms with Crippen LogP contribution in [0.5, 0.6) is 0 Å². The highest BCUT2D eigenvalue weighted by molar-refractivity contribution is 6.30. The summed E-state index contributed by atoms with van der Waals surface area (Å²) < 4.78 is 0. The normalized spacial score (nSPS) is 11.8. The molecule has 0 aliphatic carbocycles. The number of nitrogens with one attached hydrogen (secondary N) is 2. The number of hydrogen-bond donors (Lipinski definition) is 2. The predicted molar refractivity (Wildman–Crippen MR) is 103 cm³/mol. The molecule has 3 aromatic rings. The summed E-state index contributed by atoms with van der Waals surface area (Å²) in [7, 11) is 0. The van der Waals surface area contributed by atoms with Crippen LogP contribution in [0, 0.1) is 0 Å². The Hall–Kier alpha value is -2.66. The Kier molecular flexibility index (Phi) is 5.46. The van der Waals surface area contributed by atoms with Crippen LogP contribution in [0.4, 0.5) is 17.5 Å². The second kappa shape index (κ2) is 7.94. The number of pyridine rings is 1. The van der Waals surface area contributed by atoms with Crippen LogP contribution < -0.4 is 10.6 Å². The van der Waals surface area contributed by atoms with Gasteiger partial charge in [0, 0.05) is 40.8 Å². The van der Waals surface area contributed by atoms with E-state index in [9.17, 15) is 0 Å². The van der Waals surface area contributed by atoms with Crippen LogP contribution >= 0.6 is 11.6 Å². The van der Waals surface area contributed by atoms with Crippen LogP contribution in [-0.4, -0.2) is 21.0 Å². The van der Waals surface area contributed by atoms with Gasteiger partial charge in [0.25, 0.3) is 0 Å². The van der Waals surface area contributed by atoms with Crippen molar-refractivity contribution >= 4 is 29.1 Å². The third-order valence-electron chi connectivity index (χ3n) is 3.77. The Morgan fingerprint density at radius 2 is 2.00 bits per heavy atom. The molecule has 6 heteroatoms. The summed E-state index contributed by atoms with van der Waals surface area (Å²) >= 11 is 6.06. The monoisotopic (exact) mass is 353 g/mol. The Labute approximate surface area is 152 Å². The van der Waals surface area contributed by atoms with Gasteiger partial charge in [-0.2, -0.15) is 4.98 Å². The SMILES string of the molecule is CC[C@H](C)Nc1nc(Nc2cccc(Cl)c2)cc(-c2cccnc2)n1. The van der Waals surface area contributed by atoms with Crippen molar-refractivity contribution < 1.29 is 0 Å². The van der Waals surface area contributed by atoms with Crippen LogP contribution in [0.25, 0.3) is 11.3 Å². The number of hydrogen-bond acceptors (Lipinski definition) is 5. The maximum atomic E-state index is 6.06. The second-order valence-electron chi connectivity index (χ2n) is 5.79. The summed E-state index contributed by atoms with van der Waals surface area (Å²) in [4.78, 5) is 13.4. The van der Waals surface area contributed by atoms with E-state index in [-0.39, 0.29) is 6.04 Å². The van der Waals surface area contributed by atoms with Crippen LogP contribution in [-0.2, 0) is 0 Å². The van der Waals surface area contributed by atoms with Gasteiger partial charge in [-0.05, 0) is 43.7 Å². The Bertz CT molecular complexity index is 838. The number of rotatable bonds is 6. The number of halogens is 1. The van der Waals surface area contributed by atoms with Crippen LogP contribution in [0.2, 0.25) is 5.02 Å².